The van der Waals surface area contributed by atoms with Crippen LogP contribution in [0.5, 0.6) is 0 Å². The maximum Gasteiger partial charge on any atom is 0.224 e. The van der Waals surface area contributed by atoms with E-state index in [1.165, 1.54) is 0 Å². The molecule has 1 aromatic carbocycles. The van der Waals surface area contributed by atoms with Gasteiger partial charge in [-0.05, 0) is 49.9 Å². The van der Waals surface area contributed by atoms with Crippen LogP contribution in [0.1, 0.15) is 48.8 Å². The third-order valence-electron chi connectivity index (χ3n) is 4.94. The van der Waals surface area contributed by atoms with E-state index in [1.54, 1.807) is 6.20 Å². The van der Waals surface area contributed by atoms with Gasteiger partial charge in [-0.15, -0.1) is 0 Å². The molecule has 0 aliphatic carbocycles. The fourth-order valence-electron chi connectivity index (χ4n) is 3.45. The number of aryl methyl sites for hydroxylation is 2. The van der Waals surface area contributed by atoms with Crippen molar-refractivity contribution in [2.75, 3.05) is 5.32 Å². The van der Waals surface area contributed by atoms with Crippen LogP contribution in [0.15, 0.2) is 30.5 Å². The number of nitrogens with zero attached hydrogens (tertiary/aromatic N) is 4. The molecule has 0 atom stereocenters. The van der Waals surface area contributed by atoms with E-state index >= 15 is 0 Å². The van der Waals surface area contributed by atoms with Crippen LogP contribution in [0.4, 0.5) is 5.69 Å². The lowest BCUT2D eigenvalue weighted by Gasteiger charge is -2.13. The molecule has 148 valence electrons. The lowest BCUT2D eigenvalue weighted by atomic mass is 10.1. The summed E-state index contributed by atoms with van der Waals surface area (Å²) < 4.78 is 3.69. The molecule has 28 heavy (non-hydrogen) atoms. The van der Waals surface area contributed by atoms with Crippen molar-refractivity contribution < 1.29 is 4.79 Å². The van der Waals surface area contributed by atoms with Crippen molar-refractivity contribution in [3.63, 3.8) is 0 Å². The van der Waals surface area contributed by atoms with Gasteiger partial charge in [-0.3, -0.25) is 9.48 Å². The number of carbonyl (C=O) groups excluding carboxylic acids is 1. The van der Waals surface area contributed by atoms with Gasteiger partial charge in [0.2, 0.25) is 5.91 Å². The highest BCUT2D eigenvalue weighted by Gasteiger charge is 2.18. The Hall–Kier alpha value is -2.60. The van der Waals surface area contributed by atoms with Crippen LogP contribution in [0.25, 0.3) is 5.69 Å². The Kier molecular flexibility index (Phi) is 5.89. The van der Waals surface area contributed by atoms with Crippen LogP contribution in [-0.4, -0.2) is 25.5 Å². The summed E-state index contributed by atoms with van der Waals surface area (Å²) >= 11 is 6.13. The van der Waals surface area contributed by atoms with Gasteiger partial charge in [-0.25, -0.2) is 4.68 Å². The molecule has 1 amide bonds. The fraction of sp³-hybridized carbons (Fsp3) is 0.381. The van der Waals surface area contributed by atoms with E-state index in [-0.39, 0.29) is 11.8 Å². The number of benzene rings is 1. The minimum Gasteiger partial charge on any atom is -0.323 e. The summed E-state index contributed by atoms with van der Waals surface area (Å²) in [5, 5.41) is 12.6. The smallest absolute Gasteiger partial charge is 0.224 e. The Morgan fingerprint density at radius 2 is 2.04 bits per heavy atom. The van der Waals surface area contributed by atoms with Crippen molar-refractivity contribution in [3.8, 4) is 5.69 Å². The molecule has 0 spiro atoms. The molecule has 1 N–H and O–H groups in total. The number of rotatable bonds is 6. The predicted molar refractivity (Wildman–Crippen MR) is 112 cm³/mol. The lowest BCUT2D eigenvalue weighted by molar-refractivity contribution is -0.116. The van der Waals surface area contributed by atoms with Gasteiger partial charge in [-0.1, -0.05) is 31.5 Å². The first-order chi connectivity index (χ1) is 13.3. The lowest BCUT2D eigenvalue weighted by Crippen LogP contribution is -2.15. The second-order valence-electron chi connectivity index (χ2n) is 7.31. The molecular weight excluding hydrogens is 374 g/mol. The van der Waals surface area contributed by atoms with Gasteiger partial charge in [0.05, 0.1) is 29.0 Å². The molecule has 6 nitrogen and oxygen atoms in total. The van der Waals surface area contributed by atoms with Crippen LogP contribution in [-0.2, 0) is 18.3 Å². The normalized spacial score (nSPS) is 11.2. The Balaban J connectivity index is 1.77. The van der Waals surface area contributed by atoms with Gasteiger partial charge < -0.3 is 5.32 Å². The molecule has 2 aromatic heterocycles. The quantitative estimate of drug-likeness (QED) is 0.660. The standard InChI is InChI=1S/C21H26ClN5O/c1-13(2)21-19(12-23-27(21)17-8-6-7-16(22)11-17)24-20(28)10-9-18-14(3)25-26(5)15(18)4/h6-8,11-13H,9-10H2,1-5H3,(H,24,28). The minimum atomic E-state index is -0.0322. The monoisotopic (exact) mass is 399 g/mol. The summed E-state index contributed by atoms with van der Waals surface area (Å²) in [5.74, 6) is 0.148. The van der Waals surface area contributed by atoms with E-state index in [2.05, 4.69) is 29.4 Å². The molecule has 0 unspecified atom stereocenters. The molecule has 0 aliphatic rings. The van der Waals surface area contributed by atoms with Crippen molar-refractivity contribution in [1.82, 2.24) is 19.6 Å². The Bertz CT molecular complexity index is 1000. The molecule has 2 heterocycles. The summed E-state index contributed by atoms with van der Waals surface area (Å²) in [6, 6.07) is 7.53. The highest BCUT2D eigenvalue weighted by molar-refractivity contribution is 6.30. The number of nitrogens with one attached hydrogen (secondary N) is 1. The van der Waals surface area contributed by atoms with Crippen LogP contribution in [0, 0.1) is 13.8 Å². The third kappa shape index (κ3) is 4.12. The summed E-state index contributed by atoms with van der Waals surface area (Å²) in [5.41, 5.74) is 5.77. The number of anilines is 1. The van der Waals surface area contributed by atoms with Crippen LogP contribution in [0.3, 0.4) is 0 Å². The predicted octanol–water partition coefficient (Wildman–Crippen LogP) is 4.57. The first-order valence-electron chi connectivity index (χ1n) is 9.40. The highest BCUT2D eigenvalue weighted by atomic mass is 35.5. The average molecular weight is 400 g/mol. The topological polar surface area (TPSA) is 64.7 Å². The summed E-state index contributed by atoms with van der Waals surface area (Å²) in [6.45, 7) is 8.16. The van der Waals surface area contributed by atoms with E-state index in [1.807, 2.05) is 54.5 Å². The van der Waals surface area contributed by atoms with E-state index < -0.39 is 0 Å². The van der Waals surface area contributed by atoms with Crippen molar-refractivity contribution in [2.24, 2.45) is 7.05 Å². The van der Waals surface area contributed by atoms with Crippen LogP contribution in [0.2, 0.25) is 5.02 Å². The Morgan fingerprint density at radius 3 is 2.64 bits per heavy atom. The highest BCUT2D eigenvalue weighted by Crippen LogP contribution is 2.28. The van der Waals surface area contributed by atoms with E-state index in [0.29, 0.717) is 17.9 Å². The molecule has 0 saturated carbocycles. The van der Waals surface area contributed by atoms with Gasteiger partial charge in [0.15, 0.2) is 0 Å². The first-order valence-corrected chi connectivity index (χ1v) is 9.78. The summed E-state index contributed by atoms with van der Waals surface area (Å²) in [4.78, 5) is 12.6. The number of amides is 1. The van der Waals surface area contributed by atoms with Crippen molar-refractivity contribution in [3.05, 3.63) is 58.1 Å². The average Bonchev–Trinajstić information content (AvgIpc) is 3.15. The van der Waals surface area contributed by atoms with Crippen LogP contribution < -0.4 is 5.32 Å². The van der Waals surface area contributed by atoms with Gasteiger partial charge in [0, 0.05) is 24.2 Å². The maximum atomic E-state index is 12.6. The first kappa shape index (κ1) is 20.1. The molecule has 0 bridgehead atoms. The van der Waals surface area contributed by atoms with Gasteiger partial charge in [0.1, 0.15) is 0 Å². The molecule has 0 radical (unpaired) electrons. The number of hydrogen-bond acceptors (Lipinski definition) is 3. The van der Waals surface area contributed by atoms with E-state index in [4.69, 9.17) is 11.6 Å². The Morgan fingerprint density at radius 1 is 1.29 bits per heavy atom. The van der Waals surface area contributed by atoms with Crippen molar-refractivity contribution in [2.45, 2.75) is 46.5 Å². The van der Waals surface area contributed by atoms with Crippen LogP contribution >= 0.6 is 11.6 Å². The Labute approximate surface area is 170 Å². The molecule has 7 heteroatoms. The number of halogens is 1. The van der Waals surface area contributed by atoms with Crippen molar-refractivity contribution in [1.29, 1.82) is 0 Å². The third-order valence-corrected chi connectivity index (χ3v) is 5.18. The van der Waals surface area contributed by atoms with Gasteiger partial charge in [-0.2, -0.15) is 10.2 Å². The number of carbonyl (C=O) groups is 1. The zero-order valence-corrected chi connectivity index (χ0v) is 17.7. The molecule has 3 rings (SSSR count). The zero-order valence-electron chi connectivity index (χ0n) is 17.0. The largest absolute Gasteiger partial charge is 0.323 e. The van der Waals surface area contributed by atoms with Crippen molar-refractivity contribution >= 4 is 23.2 Å². The molecular formula is C21H26ClN5O. The van der Waals surface area contributed by atoms with E-state index in [9.17, 15) is 4.79 Å². The molecule has 0 aliphatic heterocycles. The second-order valence-corrected chi connectivity index (χ2v) is 7.75. The number of aromatic nitrogens is 4. The fourth-order valence-corrected chi connectivity index (χ4v) is 3.64. The minimum absolute atomic E-state index is 0.0322. The zero-order chi connectivity index (χ0) is 20.4. The maximum absolute atomic E-state index is 12.6. The SMILES string of the molecule is Cc1nn(C)c(C)c1CCC(=O)Nc1cnn(-c2cccc(Cl)c2)c1C(C)C. The summed E-state index contributed by atoms with van der Waals surface area (Å²) in [7, 11) is 1.92. The molecule has 3 aromatic rings. The van der Waals surface area contributed by atoms with Gasteiger partial charge in [0.25, 0.3) is 0 Å². The van der Waals surface area contributed by atoms with E-state index in [0.717, 1.165) is 34.0 Å². The number of hydrogen-bond donors (Lipinski definition) is 1. The van der Waals surface area contributed by atoms with Gasteiger partial charge >= 0.3 is 0 Å². The molecule has 0 saturated heterocycles. The molecule has 0 fully saturated rings. The summed E-state index contributed by atoms with van der Waals surface area (Å²) in [6.07, 6.45) is 2.76. The second kappa shape index (κ2) is 8.19.